The van der Waals surface area contributed by atoms with E-state index in [0.29, 0.717) is 29.1 Å². The molecule has 156 valence electrons. The molecule has 5 heteroatoms. The number of hydrogen-bond acceptors (Lipinski definition) is 4. The van der Waals surface area contributed by atoms with E-state index in [4.69, 9.17) is 4.74 Å². The molecule has 0 radical (unpaired) electrons. The van der Waals surface area contributed by atoms with Gasteiger partial charge in [-0.05, 0) is 73.9 Å². The van der Waals surface area contributed by atoms with E-state index in [0.717, 1.165) is 16.9 Å². The molecule has 0 fully saturated rings. The molecule has 0 aliphatic carbocycles. The third-order valence-electron chi connectivity index (χ3n) is 5.33. The molecule has 4 rings (SSSR count). The lowest BCUT2D eigenvalue weighted by Gasteiger charge is -2.17. The van der Waals surface area contributed by atoms with E-state index in [2.05, 4.69) is 5.32 Å². The van der Waals surface area contributed by atoms with Crippen LogP contribution >= 0.6 is 0 Å². The Kier molecular flexibility index (Phi) is 5.58. The van der Waals surface area contributed by atoms with Gasteiger partial charge in [-0.1, -0.05) is 36.4 Å². The number of benzene rings is 3. The smallest absolute Gasteiger partial charge is 0.282 e. The molecule has 0 atom stereocenters. The first kappa shape index (κ1) is 20.4. The molecule has 3 aromatic rings. The van der Waals surface area contributed by atoms with Crippen molar-refractivity contribution in [3.05, 3.63) is 95.2 Å². The van der Waals surface area contributed by atoms with Crippen LogP contribution in [0.15, 0.2) is 78.5 Å². The number of amides is 2. The van der Waals surface area contributed by atoms with Crippen molar-refractivity contribution in [1.29, 1.82) is 0 Å². The van der Waals surface area contributed by atoms with Crippen LogP contribution in [-0.2, 0) is 9.59 Å². The first-order chi connectivity index (χ1) is 15.0. The monoisotopic (exact) mass is 412 g/mol. The number of nitrogens with zero attached hydrogens (tertiary/aromatic N) is 1. The molecule has 1 N–H and O–H groups in total. The summed E-state index contributed by atoms with van der Waals surface area (Å²) in [4.78, 5) is 28.1. The number of ether oxygens (including phenoxy) is 1. The minimum atomic E-state index is -0.374. The minimum absolute atomic E-state index is 0.263. The summed E-state index contributed by atoms with van der Waals surface area (Å²) in [6.07, 6.45) is 0. The fourth-order valence-corrected chi connectivity index (χ4v) is 3.56. The highest BCUT2D eigenvalue weighted by molar-refractivity contribution is 6.46. The van der Waals surface area contributed by atoms with Crippen molar-refractivity contribution in [3.8, 4) is 5.75 Å². The lowest BCUT2D eigenvalue weighted by Crippen LogP contribution is -2.32. The molecule has 31 heavy (non-hydrogen) atoms. The van der Waals surface area contributed by atoms with Gasteiger partial charge in [-0.25, -0.2) is 4.90 Å². The van der Waals surface area contributed by atoms with Gasteiger partial charge < -0.3 is 10.1 Å². The molecule has 0 spiro atoms. The molecule has 3 aromatic carbocycles. The van der Waals surface area contributed by atoms with E-state index in [9.17, 15) is 9.59 Å². The molecule has 0 saturated carbocycles. The van der Waals surface area contributed by atoms with E-state index >= 15 is 0 Å². The van der Waals surface area contributed by atoms with Gasteiger partial charge in [0.25, 0.3) is 11.8 Å². The van der Waals surface area contributed by atoms with Crippen LogP contribution < -0.4 is 15.0 Å². The Morgan fingerprint density at radius 1 is 0.839 bits per heavy atom. The highest BCUT2D eigenvalue weighted by Gasteiger charge is 2.40. The van der Waals surface area contributed by atoms with Crippen molar-refractivity contribution in [2.45, 2.75) is 20.8 Å². The normalized spacial score (nSPS) is 13.7. The van der Waals surface area contributed by atoms with Crippen LogP contribution in [0, 0.1) is 13.8 Å². The second kappa shape index (κ2) is 8.48. The molecule has 0 unspecified atom stereocenters. The van der Waals surface area contributed by atoms with Crippen LogP contribution in [0.5, 0.6) is 5.75 Å². The van der Waals surface area contributed by atoms with Gasteiger partial charge in [-0.2, -0.15) is 0 Å². The predicted molar refractivity (Wildman–Crippen MR) is 123 cm³/mol. The molecular weight excluding hydrogens is 388 g/mol. The van der Waals surface area contributed by atoms with Crippen LogP contribution in [0.1, 0.15) is 23.6 Å². The van der Waals surface area contributed by atoms with Gasteiger partial charge >= 0.3 is 0 Å². The Morgan fingerprint density at radius 2 is 1.55 bits per heavy atom. The number of hydrogen-bond donors (Lipinski definition) is 1. The zero-order valence-corrected chi connectivity index (χ0v) is 17.8. The molecule has 1 aliphatic heterocycles. The number of carbonyl (C=O) groups excluding carboxylic acids is 2. The van der Waals surface area contributed by atoms with Crippen LogP contribution in [0.25, 0.3) is 5.57 Å². The van der Waals surface area contributed by atoms with Crippen LogP contribution in [0.2, 0.25) is 0 Å². The molecule has 0 aromatic heterocycles. The fourth-order valence-electron chi connectivity index (χ4n) is 3.56. The maximum atomic E-state index is 13.4. The second-order valence-electron chi connectivity index (χ2n) is 7.41. The summed E-state index contributed by atoms with van der Waals surface area (Å²) in [5, 5.41) is 3.18. The van der Waals surface area contributed by atoms with Crippen molar-refractivity contribution >= 4 is 28.8 Å². The van der Waals surface area contributed by atoms with Crippen LogP contribution in [0.3, 0.4) is 0 Å². The molecule has 1 heterocycles. The first-order valence-electron chi connectivity index (χ1n) is 10.2. The summed E-state index contributed by atoms with van der Waals surface area (Å²) in [6.45, 7) is 6.47. The molecule has 2 amide bonds. The summed E-state index contributed by atoms with van der Waals surface area (Å²) >= 11 is 0. The summed E-state index contributed by atoms with van der Waals surface area (Å²) < 4.78 is 5.49. The van der Waals surface area contributed by atoms with Gasteiger partial charge in [-0.15, -0.1) is 0 Å². The average molecular weight is 412 g/mol. The summed E-state index contributed by atoms with van der Waals surface area (Å²) in [5.41, 5.74) is 4.71. The quantitative estimate of drug-likeness (QED) is 0.573. The van der Waals surface area contributed by atoms with Gasteiger partial charge in [0.15, 0.2) is 0 Å². The number of imide groups is 1. The van der Waals surface area contributed by atoms with Gasteiger partial charge in [0.05, 0.1) is 17.9 Å². The number of anilines is 2. The molecule has 5 nitrogen and oxygen atoms in total. The van der Waals surface area contributed by atoms with Crippen molar-refractivity contribution in [1.82, 2.24) is 0 Å². The van der Waals surface area contributed by atoms with E-state index in [-0.39, 0.29) is 17.5 Å². The van der Waals surface area contributed by atoms with Crippen molar-refractivity contribution in [2.75, 3.05) is 16.8 Å². The van der Waals surface area contributed by atoms with Gasteiger partial charge in [0.2, 0.25) is 0 Å². The topological polar surface area (TPSA) is 58.6 Å². The van der Waals surface area contributed by atoms with Crippen molar-refractivity contribution in [3.63, 3.8) is 0 Å². The maximum absolute atomic E-state index is 13.4. The summed E-state index contributed by atoms with van der Waals surface area (Å²) in [7, 11) is 0. The molecule has 0 bridgehead atoms. The third kappa shape index (κ3) is 3.94. The highest BCUT2D eigenvalue weighted by atomic mass is 16.5. The first-order valence-corrected chi connectivity index (χ1v) is 10.2. The average Bonchev–Trinajstić information content (AvgIpc) is 3.02. The van der Waals surface area contributed by atoms with Crippen molar-refractivity contribution in [2.24, 2.45) is 0 Å². The lowest BCUT2D eigenvalue weighted by atomic mass is 10.0. The Balaban J connectivity index is 1.75. The largest absolute Gasteiger partial charge is 0.494 e. The predicted octanol–water partition coefficient (Wildman–Crippen LogP) is 5.10. The molecule has 1 aliphatic rings. The van der Waals surface area contributed by atoms with Gasteiger partial charge in [-0.3, -0.25) is 9.59 Å². The summed E-state index contributed by atoms with van der Waals surface area (Å²) in [6, 6.07) is 22.2. The van der Waals surface area contributed by atoms with E-state index < -0.39 is 0 Å². The number of aryl methyl sites for hydroxylation is 2. The zero-order valence-electron chi connectivity index (χ0n) is 17.8. The minimum Gasteiger partial charge on any atom is -0.494 e. The van der Waals surface area contributed by atoms with E-state index in [1.165, 1.54) is 4.90 Å². The Morgan fingerprint density at radius 3 is 2.19 bits per heavy atom. The van der Waals surface area contributed by atoms with Gasteiger partial charge in [0.1, 0.15) is 11.4 Å². The maximum Gasteiger partial charge on any atom is 0.282 e. The van der Waals surface area contributed by atoms with Crippen LogP contribution in [0.4, 0.5) is 11.4 Å². The third-order valence-corrected chi connectivity index (χ3v) is 5.33. The Hall–Kier alpha value is -3.86. The van der Waals surface area contributed by atoms with E-state index in [1.807, 2.05) is 87.5 Å². The number of nitrogens with one attached hydrogen (secondary N) is 1. The highest BCUT2D eigenvalue weighted by Crippen LogP contribution is 2.34. The van der Waals surface area contributed by atoms with Crippen LogP contribution in [-0.4, -0.2) is 18.4 Å². The lowest BCUT2D eigenvalue weighted by molar-refractivity contribution is -0.120. The Labute approximate surface area is 182 Å². The molecular formula is C26H24N2O3. The molecule has 0 saturated heterocycles. The summed E-state index contributed by atoms with van der Waals surface area (Å²) in [5.74, 6) is 0.0322. The fraction of sp³-hybridized carbons (Fsp3) is 0.154. The number of carbonyl (C=O) groups is 2. The standard InChI is InChI=1S/C26H24N2O3/c1-4-31-22-14-11-20(12-15-22)27-24-23(19-8-6-5-7-9-19)25(29)28(26(24)30)21-13-10-17(2)18(3)16-21/h5-16,27H,4H2,1-3H3. The van der Waals surface area contributed by atoms with Gasteiger partial charge in [0, 0.05) is 5.69 Å². The SMILES string of the molecule is CCOc1ccc(NC2=C(c3ccccc3)C(=O)N(c3ccc(C)c(C)c3)C2=O)cc1. The second-order valence-corrected chi connectivity index (χ2v) is 7.41. The van der Waals surface area contributed by atoms with E-state index in [1.54, 1.807) is 6.07 Å². The van der Waals surface area contributed by atoms with Crippen molar-refractivity contribution < 1.29 is 14.3 Å². The number of rotatable bonds is 6. The zero-order chi connectivity index (χ0) is 22.0. The Bertz CT molecular complexity index is 1170.